The Morgan fingerprint density at radius 3 is 2.85 bits per heavy atom. The Labute approximate surface area is 127 Å². The maximum Gasteiger partial charge on any atom is 0.282 e. The minimum atomic E-state index is -0.126. The monoisotopic (exact) mass is 315 g/mol. The van der Waals surface area contributed by atoms with Crippen LogP contribution in [0.1, 0.15) is 23.1 Å². The molecule has 112 valence electrons. The fourth-order valence-electron chi connectivity index (χ4n) is 1.85. The van der Waals surface area contributed by atoms with Gasteiger partial charge in [0.15, 0.2) is 0 Å². The predicted octanol–water partition coefficient (Wildman–Crippen LogP) is 1.14. The second-order valence-electron chi connectivity index (χ2n) is 4.55. The summed E-state index contributed by atoms with van der Waals surface area (Å²) in [5.41, 5.74) is 0. The van der Waals surface area contributed by atoms with Crippen LogP contribution in [0.4, 0.5) is 5.13 Å². The van der Waals surface area contributed by atoms with Crippen molar-refractivity contribution in [2.75, 3.05) is 49.5 Å². The van der Waals surface area contributed by atoms with Crippen molar-refractivity contribution in [1.29, 1.82) is 0 Å². The summed E-state index contributed by atoms with van der Waals surface area (Å²) in [5.74, 6) is 2.26. The average Bonchev–Trinajstić information content (AvgIpc) is 2.95. The Morgan fingerprint density at radius 2 is 2.10 bits per heavy atom. The van der Waals surface area contributed by atoms with Gasteiger partial charge in [-0.1, -0.05) is 18.3 Å². The molecule has 6 nitrogen and oxygen atoms in total. The Morgan fingerprint density at radius 1 is 1.30 bits per heavy atom. The van der Waals surface area contributed by atoms with E-state index in [9.17, 15) is 4.79 Å². The highest BCUT2D eigenvalue weighted by Crippen LogP contribution is 2.14. The lowest BCUT2D eigenvalue weighted by Crippen LogP contribution is -2.39. The minimum absolute atomic E-state index is 0.126. The topological polar surface area (TPSA) is 70.1 Å². The van der Waals surface area contributed by atoms with Crippen molar-refractivity contribution in [2.45, 2.75) is 13.3 Å². The molecule has 2 N–H and O–H groups in total. The lowest BCUT2D eigenvalue weighted by Gasteiger charge is -2.25. The number of nitrogens with one attached hydrogen (secondary N) is 2. The lowest BCUT2D eigenvalue weighted by atomic mass is 10.4. The van der Waals surface area contributed by atoms with Gasteiger partial charge >= 0.3 is 0 Å². The molecule has 0 spiro atoms. The van der Waals surface area contributed by atoms with Crippen LogP contribution in [0, 0.1) is 0 Å². The van der Waals surface area contributed by atoms with Gasteiger partial charge in [0.25, 0.3) is 5.91 Å². The summed E-state index contributed by atoms with van der Waals surface area (Å²) in [5, 5.41) is 15.0. The third-order valence-electron chi connectivity index (χ3n) is 2.96. The first kappa shape index (κ1) is 15.5. The predicted molar refractivity (Wildman–Crippen MR) is 84.8 cm³/mol. The van der Waals surface area contributed by atoms with Crippen LogP contribution in [0.25, 0.3) is 0 Å². The quantitative estimate of drug-likeness (QED) is 0.786. The molecule has 1 fully saturated rings. The molecule has 1 aromatic heterocycles. The number of hydrogen-bond donors (Lipinski definition) is 2. The number of anilines is 1. The van der Waals surface area contributed by atoms with E-state index in [0.717, 1.165) is 32.6 Å². The molecule has 0 saturated carbocycles. The van der Waals surface area contributed by atoms with Crippen molar-refractivity contribution in [2.24, 2.45) is 0 Å². The van der Waals surface area contributed by atoms with Crippen molar-refractivity contribution >= 4 is 34.1 Å². The number of carbonyl (C=O) groups is 1. The number of nitrogens with zero attached hydrogens (tertiary/aromatic N) is 3. The molecule has 0 bridgehead atoms. The van der Waals surface area contributed by atoms with Gasteiger partial charge in [-0.3, -0.25) is 9.69 Å². The molecule has 2 rings (SSSR count). The molecular formula is C12H21N5OS2. The fraction of sp³-hybridized carbons (Fsp3) is 0.750. The molecule has 0 unspecified atom stereocenters. The van der Waals surface area contributed by atoms with Gasteiger partial charge in [0.2, 0.25) is 10.1 Å². The largest absolute Gasteiger partial charge is 0.360 e. The highest BCUT2D eigenvalue weighted by atomic mass is 32.2. The van der Waals surface area contributed by atoms with E-state index in [0.29, 0.717) is 16.7 Å². The summed E-state index contributed by atoms with van der Waals surface area (Å²) in [7, 11) is 0. The van der Waals surface area contributed by atoms with Crippen LogP contribution in [-0.2, 0) is 0 Å². The summed E-state index contributed by atoms with van der Waals surface area (Å²) in [6.45, 7) is 6.74. The molecule has 1 aliphatic rings. The summed E-state index contributed by atoms with van der Waals surface area (Å²) in [4.78, 5) is 14.3. The van der Waals surface area contributed by atoms with Gasteiger partial charge in [0, 0.05) is 44.2 Å². The zero-order chi connectivity index (χ0) is 14.2. The average molecular weight is 315 g/mol. The van der Waals surface area contributed by atoms with E-state index in [2.05, 4.69) is 32.7 Å². The highest BCUT2D eigenvalue weighted by Gasteiger charge is 2.14. The second kappa shape index (κ2) is 8.43. The van der Waals surface area contributed by atoms with Crippen LogP contribution < -0.4 is 10.6 Å². The molecule has 20 heavy (non-hydrogen) atoms. The Kier molecular flexibility index (Phi) is 6.55. The normalized spacial score (nSPS) is 16.1. The standard InChI is InChI=1S/C12H21N5OS2/c1-2-3-14-12-16-15-11(20-12)10(18)13-4-5-17-6-8-19-9-7-17/h2-9H2,1H3,(H,13,18)(H,14,16). The molecule has 0 atom stereocenters. The number of rotatable bonds is 7. The van der Waals surface area contributed by atoms with E-state index >= 15 is 0 Å². The summed E-state index contributed by atoms with van der Waals surface area (Å²) in [6, 6.07) is 0. The van der Waals surface area contributed by atoms with Crippen LogP contribution in [0.15, 0.2) is 0 Å². The SMILES string of the molecule is CCCNc1nnc(C(=O)NCCN2CCSCC2)s1. The van der Waals surface area contributed by atoms with Gasteiger partial charge in [0.05, 0.1) is 0 Å². The lowest BCUT2D eigenvalue weighted by molar-refractivity contribution is 0.0948. The van der Waals surface area contributed by atoms with Crippen LogP contribution >= 0.6 is 23.1 Å². The van der Waals surface area contributed by atoms with Crippen LogP contribution in [-0.4, -0.2) is 65.2 Å². The van der Waals surface area contributed by atoms with Crippen molar-refractivity contribution < 1.29 is 4.79 Å². The molecule has 0 aliphatic carbocycles. The maximum atomic E-state index is 11.9. The van der Waals surface area contributed by atoms with Crippen LogP contribution in [0.5, 0.6) is 0 Å². The van der Waals surface area contributed by atoms with E-state index in [4.69, 9.17) is 0 Å². The molecule has 1 aromatic rings. The van der Waals surface area contributed by atoms with E-state index in [1.165, 1.54) is 22.8 Å². The van der Waals surface area contributed by atoms with E-state index in [1.54, 1.807) is 0 Å². The Balaban J connectivity index is 1.69. The molecule has 2 heterocycles. The smallest absolute Gasteiger partial charge is 0.282 e. The Bertz CT molecular complexity index is 420. The summed E-state index contributed by atoms with van der Waals surface area (Å²) in [6.07, 6.45) is 1.02. The van der Waals surface area contributed by atoms with E-state index in [1.807, 2.05) is 11.8 Å². The number of aromatic nitrogens is 2. The van der Waals surface area contributed by atoms with Gasteiger partial charge in [-0.25, -0.2) is 0 Å². The van der Waals surface area contributed by atoms with Gasteiger partial charge in [0.1, 0.15) is 0 Å². The van der Waals surface area contributed by atoms with Gasteiger partial charge in [-0.05, 0) is 6.42 Å². The van der Waals surface area contributed by atoms with Gasteiger partial charge in [-0.2, -0.15) is 11.8 Å². The molecule has 0 radical (unpaired) electrons. The van der Waals surface area contributed by atoms with E-state index in [-0.39, 0.29) is 5.91 Å². The zero-order valence-electron chi connectivity index (χ0n) is 11.7. The first-order valence-electron chi connectivity index (χ1n) is 6.95. The molecule has 1 saturated heterocycles. The summed E-state index contributed by atoms with van der Waals surface area (Å²) < 4.78 is 0. The zero-order valence-corrected chi connectivity index (χ0v) is 13.4. The Hall–Kier alpha value is -0.860. The van der Waals surface area contributed by atoms with Crippen molar-refractivity contribution in [3.05, 3.63) is 5.01 Å². The van der Waals surface area contributed by atoms with Crippen molar-refractivity contribution in [3.8, 4) is 0 Å². The highest BCUT2D eigenvalue weighted by molar-refractivity contribution is 7.99. The summed E-state index contributed by atoms with van der Waals surface area (Å²) >= 11 is 3.30. The molecule has 8 heteroatoms. The van der Waals surface area contributed by atoms with Gasteiger partial charge in [-0.15, -0.1) is 10.2 Å². The molecule has 0 aromatic carbocycles. The number of carbonyl (C=O) groups excluding carboxylic acids is 1. The van der Waals surface area contributed by atoms with Crippen LogP contribution in [0.3, 0.4) is 0 Å². The maximum absolute atomic E-state index is 11.9. The molecule has 1 aliphatic heterocycles. The first-order valence-corrected chi connectivity index (χ1v) is 8.92. The van der Waals surface area contributed by atoms with E-state index < -0.39 is 0 Å². The first-order chi connectivity index (χ1) is 9.79. The minimum Gasteiger partial charge on any atom is -0.360 e. The number of hydrogen-bond acceptors (Lipinski definition) is 7. The van der Waals surface area contributed by atoms with Crippen molar-refractivity contribution in [1.82, 2.24) is 20.4 Å². The molecule has 1 amide bonds. The third kappa shape index (κ3) is 4.92. The van der Waals surface area contributed by atoms with Crippen molar-refractivity contribution in [3.63, 3.8) is 0 Å². The van der Waals surface area contributed by atoms with Gasteiger partial charge < -0.3 is 10.6 Å². The third-order valence-corrected chi connectivity index (χ3v) is 4.78. The number of thioether (sulfide) groups is 1. The van der Waals surface area contributed by atoms with Crippen LogP contribution in [0.2, 0.25) is 0 Å². The number of amides is 1. The fourth-order valence-corrected chi connectivity index (χ4v) is 3.51. The second-order valence-corrected chi connectivity index (χ2v) is 6.75. The molecular weight excluding hydrogens is 294 g/mol.